The molecule has 0 radical (unpaired) electrons. The topological polar surface area (TPSA) is 55.1 Å². The lowest BCUT2D eigenvalue weighted by Gasteiger charge is -2.30. The zero-order chi connectivity index (χ0) is 12.6. The number of nitrogens with one attached hydrogen (secondary N) is 1. The van der Waals surface area contributed by atoms with Crippen LogP contribution in [0, 0.1) is 12.3 Å². The van der Waals surface area contributed by atoms with E-state index in [0.717, 1.165) is 12.8 Å². The van der Waals surface area contributed by atoms with Crippen LogP contribution in [-0.2, 0) is 4.79 Å². The third kappa shape index (κ3) is 4.46. The summed E-state index contributed by atoms with van der Waals surface area (Å²) in [6, 6.07) is -0.585. The second-order valence-electron chi connectivity index (χ2n) is 3.83. The first-order valence-electron chi connectivity index (χ1n) is 5.57. The van der Waals surface area contributed by atoms with Crippen LogP contribution in [0.5, 0.6) is 0 Å². The predicted octanol–water partition coefficient (Wildman–Crippen LogP) is 1.37. The van der Waals surface area contributed by atoms with Gasteiger partial charge in [0.25, 0.3) is 0 Å². The highest BCUT2D eigenvalue weighted by atomic mass is 32.2. The number of carbonyl (C=O) groups is 1. The number of hydrogen-bond donors (Lipinski definition) is 2. The maximum atomic E-state index is 11.6. The van der Waals surface area contributed by atoms with Crippen molar-refractivity contribution >= 4 is 17.7 Å². The van der Waals surface area contributed by atoms with Crippen molar-refractivity contribution in [2.75, 3.05) is 12.8 Å². The normalized spacial score (nSPS) is 12.9. The summed E-state index contributed by atoms with van der Waals surface area (Å²) in [7, 11) is 0. The molecule has 92 valence electrons. The van der Waals surface area contributed by atoms with Gasteiger partial charge in [0.1, 0.15) is 0 Å². The SMILES string of the molecule is C#CCC(N)C(=O)NCC(CC)(CC)SC. The first-order valence-corrected chi connectivity index (χ1v) is 6.79. The van der Waals surface area contributed by atoms with E-state index in [-0.39, 0.29) is 17.1 Å². The number of rotatable bonds is 7. The molecule has 0 aliphatic heterocycles. The lowest BCUT2D eigenvalue weighted by Crippen LogP contribution is -2.46. The van der Waals surface area contributed by atoms with Crippen molar-refractivity contribution in [2.24, 2.45) is 5.73 Å². The molecule has 1 amide bonds. The maximum absolute atomic E-state index is 11.6. The molecule has 0 aliphatic rings. The fraction of sp³-hybridized carbons (Fsp3) is 0.750. The zero-order valence-electron chi connectivity index (χ0n) is 10.4. The minimum atomic E-state index is -0.585. The highest BCUT2D eigenvalue weighted by Crippen LogP contribution is 2.29. The average Bonchev–Trinajstić information content (AvgIpc) is 2.31. The summed E-state index contributed by atoms with van der Waals surface area (Å²) in [6.07, 6.45) is 9.52. The molecule has 0 aliphatic carbocycles. The van der Waals surface area contributed by atoms with Gasteiger partial charge in [-0.25, -0.2) is 0 Å². The molecule has 0 rings (SSSR count). The van der Waals surface area contributed by atoms with Gasteiger partial charge in [-0.1, -0.05) is 13.8 Å². The molecule has 0 heterocycles. The molecule has 0 aromatic rings. The first kappa shape index (κ1) is 15.3. The second-order valence-corrected chi connectivity index (χ2v) is 5.10. The Morgan fingerprint density at radius 1 is 1.56 bits per heavy atom. The Morgan fingerprint density at radius 2 is 2.12 bits per heavy atom. The summed E-state index contributed by atoms with van der Waals surface area (Å²) in [5.41, 5.74) is 5.62. The molecule has 1 unspecified atom stereocenters. The summed E-state index contributed by atoms with van der Waals surface area (Å²) in [4.78, 5) is 11.6. The van der Waals surface area contributed by atoms with E-state index < -0.39 is 6.04 Å². The van der Waals surface area contributed by atoms with Crippen LogP contribution in [0.1, 0.15) is 33.1 Å². The Morgan fingerprint density at radius 3 is 2.50 bits per heavy atom. The fourth-order valence-corrected chi connectivity index (χ4v) is 2.25. The summed E-state index contributed by atoms with van der Waals surface area (Å²) in [5.74, 6) is 2.24. The van der Waals surface area contributed by atoms with Crippen molar-refractivity contribution in [1.29, 1.82) is 0 Å². The standard InChI is InChI=1S/C12H22N2OS/c1-5-8-10(13)11(15)14-9-12(6-2,7-3)16-4/h1,10H,6-9,13H2,2-4H3,(H,14,15). The van der Waals surface area contributed by atoms with Gasteiger partial charge in [-0.05, 0) is 19.1 Å². The van der Waals surface area contributed by atoms with Crippen molar-refractivity contribution in [3.8, 4) is 12.3 Å². The van der Waals surface area contributed by atoms with Gasteiger partial charge < -0.3 is 11.1 Å². The van der Waals surface area contributed by atoms with Gasteiger partial charge in [0.2, 0.25) is 5.91 Å². The predicted molar refractivity (Wildman–Crippen MR) is 71.3 cm³/mol. The van der Waals surface area contributed by atoms with Crippen molar-refractivity contribution < 1.29 is 4.79 Å². The average molecular weight is 242 g/mol. The van der Waals surface area contributed by atoms with Crippen molar-refractivity contribution in [1.82, 2.24) is 5.32 Å². The Hall–Kier alpha value is -0.660. The van der Waals surface area contributed by atoms with E-state index in [0.29, 0.717) is 6.54 Å². The lowest BCUT2D eigenvalue weighted by atomic mass is 10.0. The molecule has 0 spiro atoms. The Kier molecular flexibility index (Phi) is 7.27. The molecule has 0 saturated heterocycles. The third-order valence-corrected chi connectivity index (χ3v) is 4.57. The van der Waals surface area contributed by atoms with Crippen molar-refractivity contribution in [3.05, 3.63) is 0 Å². The van der Waals surface area contributed by atoms with E-state index in [9.17, 15) is 4.79 Å². The molecule has 3 N–H and O–H groups in total. The summed E-state index contributed by atoms with van der Waals surface area (Å²) >= 11 is 1.79. The maximum Gasteiger partial charge on any atom is 0.237 e. The van der Waals surface area contributed by atoms with Crippen LogP contribution in [0.15, 0.2) is 0 Å². The van der Waals surface area contributed by atoms with Gasteiger partial charge >= 0.3 is 0 Å². The van der Waals surface area contributed by atoms with E-state index in [4.69, 9.17) is 12.2 Å². The second kappa shape index (κ2) is 7.59. The summed E-state index contributed by atoms with van der Waals surface area (Å²) in [5, 5.41) is 2.88. The van der Waals surface area contributed by atoms with Crippen LogP contribution < -0.4 is 11.1 Å². The van der Waals surface area contributed by atoms with Crippen LogP contribution in [0.3, 0.4) is 0 Å². The van der Waals surface area contributed by atoms with E-state index in [1.54, 1.807) is 11.8 Å². The fourth-order valence-electron chi connectivity index (χ4n) is 1.46. The van der Waals surface area contributed by atoms with Gasteiger partial charge in [0.05, 0.1) is 6.04 Å². The molecule has 0 fully saturated rings. The smallest absolute Gasteiger partial charge is 0.237 e. The molecule has 0 saturated carbocycles. The summed E-state index contributed by atoms with van der Waals surface area (Å²) < 4.78 is 0.117. The number of amides is 1. The molecule has 16 heavy (non-hydrogen) atoms. The molecule has 3 nitrogen and oxygen atoms in total. The van der Waals surface area contributed by atoms with Crippen molar-refractivity contribution in [3.63, 3.8) is 0 Å². The van der Waals surface area contributed by atoms with E-state index in [1.165, 1.54) is 0 Å². The van der Waals surface area contributed by atoms with Crippen LogP contribution in [-0.4, -0.2) is 29.5 Å². The van der Waals surface area contributed by atoms with Gasteiger partial charge in [-0.15, -0.1) is 12.3 Å². The van der Waals surface area contributed by atoms with Crippen LogP contribution in [0.4, 0.5) is 0 Å². The Balaban J connectivity index is 4.22. The monoisotopic (exact) mass is 242 g/mol. The Bertz CT molecular complexity index is 248. The molecule has 4 heteroatoms. The van der Waals surface area contributed by atoms with Crippen LogP contribution in [0.25, 0.3) is 0 Å². The minimum absolute atomic E-state index is 0.117. The van der Waals surface area contributed by atoms with Crippen LogP contribution in [0.2, 0.25) is 0 Å². The number of terminal acetylenes is 1. The van der Waals surface area contributed by atoms with Gasteiger partial charge in [0, 0.05) is 17.7 Å². The lowest BCUT2D eigenvalue weighted by molar-refractivity contribution is -0.122. The van der Waals surface area contributed by atoms with E-state index in [1.807, 2.05) is 0 Å². The van der Waals surface area contributed by atoms with Gasteiger partial charge in [-0.2, -0.15) is 11.8 Å². The number of nitrogens with two attached hydrogens (primary N) is 1. The number of carbonyl (C=O) groups excluding carboxylic acids is 1. The van der Waals surface area contributed by atoms with E-state index >= 15 is 0 Å². The number of thioether (sulfide) groups is 1. The van der Waals surface area contributed by atoms with Gasteiger partial charge in [-0.3, -0.25) is 4.79 Å². The summed E-state index contributed by atoms with van der Waals surface area (Å²) in [6.45, 7) is 4.92. The Labute approximate surface area is 103 Å². The van der Waals surface area contributed by atoms with Crippen LogP contribution >= 0.6 is 11.8 Å². The molecule has 0 bridgehead atoms. The largest absolute Gasteiger partial charge is 0.353 e. The van der Waals surface area contributed by atoms with Crippen molar-refractivity contribution in [2.45, 2.75) is 43.9 Å². The third-order valence-electron chi connectivity index (χ3n) is 2.98. The van der Waals surface area contributed by atoms with Gasteiger partial charge in [0.15, 0.2) is 0 Å². The minimum Gasteiger partial charge on any atom is -0.353 e. The quantitative estimate of drug-likeness (QED) is 0.663. The molecule has 1 atom stereocenters. The molecule has 0 aromatic heterocycles. The highest BCUT2D eigenvalue weighted by Gasteiger charge is 2.26. The molecular weight excluding hydrogens is 220 g/mol. The van der Waals surface area contributed by atoms with E-state index in [2.05, 4.69) is 31.3 Å². The zero-order valence-corrected chi connectivity index (χ0v) is 11.2. The number of hydrogen-bond acceptors (Lipinski definition) is 3. The molecule has 0 aromatic carbocycles. The first-order chi connectivity index (χ1) is 7.55. The molecular formula is C12H22N2OS. The highest BCUT2D eigenvalue weighted by molar-refractivity contribution is 8.00.